The van der Waals surface area contributed by atoms with E-state index in [2.05, 4.69) is 47.8 Å². The molecule has 0 aromatic heterocycles. The molecule has 0 N–H and O–H groups in total. The Balaban J connectivity index is 1.88. The van der Waals surface area contributed by atoms with Crippen molar-refractivity contribution in [1.82, 2.24) is 0 Å². The fourth-order valence-electron chi connectivity index (χ4n) is 1.66. The molecule has 0 heterocycles. The molecule has 2 aromatic carbocycles. The van der Waals surface area contributed by atoms with E-state index in [0.29, 0.717) is 6.61 Å². The summed E-state index contributed by atoms with van der Waals surface area (Å²) in [6, 6.07) is 14.1. The van der Waals surface area contributed by atoms with E-state index in [-0.39, 0.29) is 6.79 Å². The van der Waals surface area contributed by atoms with Gasteiger partial charge in [-0.2, -0.15) is 0 Å². The second-order valence-electron chi connectivity index (χ2n) is 4.12. The lowest BCUT2D eigenvalue weighted by atomic mass is 10.2. The molecule has 0 amide bonds. The maximum Gasteiger partial charge on any atom is 0.189 e. The number of alkyl halides is 1. The van der Waals surface area contributed by atoms with Crippen LogP contribution in [0.4, 0.5) is 0 Å². The normalized spacial score (nSPS) is 10.6. The molecule has 0 spiro atoms. The molecule has 5 heteroatoms. The van der Waals surface area contributed by atoms with Crippen LogP contribution in [0.15, 0.2) is 51.4 Å². The van der Waals surface area contributed by atoms with Gasteiger partial charge in [-0.25, -0.2) is 0 Å². The highest BCUT2D eigenvalue weighted by Gasteiger charge is 2.08. The van der Waals surface area contributed by atoms with Crippen molar-refractivity contribution in [3.8, 4) is 5.75 Å². The van der Waals surface area contributed by atoms with Crippen LogP contribution in [0.25, 0.3) is 0 Å². The highest BCUT2D eigenvalue weighted by Crippen LogP contribution is 2.35. The van der Waals surface area contributed by atoms with Crippen LogP contribution < -0.4 is 4.74 Å². The third-order valence-corrected chi connectivity index (χ3v) is 4.44. The molecule has 0 atom stereocenters. The van der Waals surface area contributed by atoms with E-state index in [1.807, 2.05) is 42.5 Å². The van der Waals surface area contributed by atoms with Crippen LogP contribution >= 0.6 is 47.8 Å². The third kappa shape index (κ3) is 4.58. The van der Waals surface area contributed by atoms with E-state index >= 15 is 0 Å². The van der Waals surface area contributed by atoms with E-state index in [9.17, 15) is 0 Å². The van der Waals surface area contributed by atoms with Crippen LogP contribution in [0.3, 0.4) is 0 Å². The molecule has 0 saturated carbocycles. The Morgan fingerprint density at radius 2 is 1.55 bits per heavy atom. The molecule has 0 saturated heterocycles. The van der Waals surface area contributed by atoms with Gasteiger partial charge in [-0.1, -0.05) is 46.3 Å². The van der Waals surface area contributed by atoms with Crippen molar-refractivity contribution in [2.75, 3.05) is 6.79 Å². The average Bonchev–Trinajstić information content (AvgIpc) is 2.46. The average molecular weight is 465 g/mol. The van der Waals surface area contributed by atoms with E-state index < -0.39 is 0 Å². The molecule has 0 unspecified atom stereocenters. The summed E-state index contributed by atoms with van der Waals surface area (Å²) in [6.45, 7) is 0.745. The Bertz CT molecular complexity index is 535. The first-order valence-electron chi connectivity index (χ1n) is 5.99. The molecule has 20 heavy (non-hydrogen) atoms. The minimum absolute atomic E-state index is 0.208. The summed E-state index contributed by atoms with van der Waals surface area (Å²) in [5, 5.41) is 0.801. The van der Waals surface area contributed by atoms with Crippen molar-refractivity contribution in [3.05, 3.63) is 62.5 Å². The zero-order valence-corrected chi connectivity index (χ0v) is 15.4. The first-order valence-corrected chi connectivity index (χ1v) is 8.70. The molecule has 2 rings (SSSR count). The number of halogens is 3. The lowest BCUT2D eigenvalue weighted by molar-refractivity contribution is 0.00421. The number of hydrogen-bond acceptors (Lipinski definition) is 2. The molecule has 0 aliphatic rings. The topological polar surface area (TPSA) is 18.5 Å². The van der Waals surface area contributed by atoms with Crippen molar-refractivity contribution in [2.24, 2.45) is 0 Å². The molecule has 2 aromatic rings. The summed E-state index contributed by atoms with van der Waals surface area (Å²) in [7, 11) is 0. The Morgan fingerprint density at radius 1 is 0.900 bits per heavy atom. The molecule has 0 fully saturated rings. The molecule has 2 nitrogen and oxygen atoms in total. The zero-order chi connectivity index (χ0) is 14.4. The Hall–Kier alpha value is -0.360. The van der Waals surface area contributed by atoms with Crippen LogP contribution in [-0.2, 0) is 16.7 Å². The van der Waals surface area contributed by atoms with Gasteiger partial charge in [-0.15, -0.1) is 0 Å². The van der Waals surface area contributed by atoms with Gasteiger partial charge >= 0.3 is 0 Å². The summed E-state index contributed by atoms with van der Waals surface area (Å²) in [6.07, 6.45) is 0. The molecule has 106 valence electrons. The minimum Gasteiger partial charge on any atom is -0.465 e. The van der Waals surface area contributed by atoms with Crippen molar-refractivity contribution in [2.45, 2.75) is 11.9 Å². The van der Waals surface area contributed by atoms with Gasteiger partial charge in [0.05, 0.1) is 15.6 Å². The number of ether oxygens (including phenoxy) is 2. The highest BCUT2D eigenvalue weighted by molar-refractivity contribution is 9.11. The molecule has 0 radical (unpaired) electrons. The quantitative estimate of drug-likeness (QED) is 0.312. The maximum atomic E-state index is 5.66. The lowest BCUT2D eigenvalue weighted by Gasteiger charge is -2.12. The first kappa shape index (κ1) is 16.0. The molecule has 0 aliphatic carbocycles. The van der Waals surface area contributed by atoms with Gasteiger partial charge in [0.15, 0.2) is 12.5 Å². The fourth-order valence-corrected chi connectivity index (χ4v) is 3.50. The monoisotopic (exact) mass is 462 g/mol. The number of rotatable bonds is 6. The van der Waals surface area contributed by atoms with Crippen LogP contribution in [-0.4, -0.2) is 6.79 Å². The summed E-state index contributed by atoms with van der Waals surface area (Å²) >= 11 is 10.4. The van der Waals surface area contributed by atoms with Crippen LogP contribution in [0.5, 0.6) is 5.75 Å². The van der Waals surface area contributed by atoms with Gasteiger partial charge in [0.25, 0.3) is 0 Å². The van der Waals surface area contributed by atoms with Crippen LogP contribution in [0.2, 0.25) is 0 Å². The molecular weight excluding hydrogens is 452 g/mol. The van der Waals surface area contributed by atoms with Gasteiger partial charge in [-0.3, -0.25) is 0 Å². The standard InChI is InChI=1S/C15H13Br3O2/c16-8-12-6-13(17)15(14(18)7-12)20-10-19-9-11-4-2-1-3-5-11/h1-7H,8-10H2. The second-order valence-corrected chi connectivity index (χ2v) is 6.39. The van der Waals surface area contributed by atoms with Gasteiger partial charge in [0.2, 0.25) is 0 Å². The van der Waals surface area contributed by atoms with E-state index in [4.69, 9.17) is 9.47 Å². The van der Waals surface area contributed by atoms with Crippen LogP contribution in [0.1, 0.15) is 11.1 Å². The summed E-state index contributed by atoms with van der Waals surface area (Å²) in [5.41, 5.74) is 2.30. The maximum absolute atomic E-state index is 5.66. The highest BCUT2D eigenvalue weighted by atomic mass is 79.9. The van der Waals surface area contributed by atoms with Gasteiger partial charge in [-0.05, 0) is 55.1 Å². The van der Waals surface area contributed by atoms with Crippen molar-refractivity contribution in [3.63, 3.8) is 0 Å². The van der Waals surface area contributed by atoms with E-state index in [0.717, 1.165) is 25.6 Å². The largest absolute Gasteiger partial charge is 0.465 e. The van der Waals surface area contributed by atoms with E-state index in [1.54, 1.807) is 0 Å². The van der Waals surface area contributed by atoms with Crippen molar-refractivity contribution < 1.29 is 9.47 Å². The summed E-state index contributed by atoms with van der Waals surface area (Å²) < 4.78 is 13.0. The van der Waals surface area contributed by atoms with Gasteiger partial charge in [0.1, 0.15) is 0 Å². The lowest BCUT2D eigenvalue weighted by Crippen LogP contribution is -2.04. The van der Waals surface area contributed by atoms with Crippen LogP contribution in [0, 0.1) is 0 Å². The number of hydrogen-bond donors (Lipinski definition) is 0. The Labute approximate surface area is 143 Å². The smallest absolute Gasteiger partial charge is 0.189 e. The summed E-state index contributed by atoms with van der Waals surface area (Å²) in [5.74, 6) is 0.753. The van der Waals surface area contributed by atoms with E-state index in [1.165, 1.54) is 5.56 Å². The second kappa shape index (κ2) is 8.17. The third-order valence-electron chi connectivity index (χ3n) is 2.61. The molecule has 0 aliphatic heterocycles. The Morgan fingerprint density at radius 3 is 2.15 bits per heavy atom. The summed E-state index contributed by atoms with van der Waals surface area (Å²) in [4.78, 5) is 0. The minimum atomic E-state index is 0.208. The van der Waals surface area contributed by atoms with Crippen molar-refractivity contribution in [1.29, 1.82) is 0 Å². The SMILES string of the molecule is BrCc1cc(Br)c(OCOCc2ccccc2)c(Br)c1. The van der Waals surface area contributed by atoms with Crippen molar-refractivity contribution >= 4 is 47.8 Å². The fraction of sp³-hybridized carbons (Fsp3) is 0.200. The van der Waals surface area contributed by atoms with Gasteiger partial charge < -0.3 is 9.47 Å². The Kier molecular flexibility index (Phi) is 6.55. The predicted octanol–water partition coefficient (Wildman–Crippen LogP) is 5.66. The number of benzene rings is 2. The molecule has 0 bridgehead atoms. The zero-order valence-electron chi connectivity index (χ0n) is 10.6. The molecular formula is C15H13Br3O2. The predicted molar refractivity (Wildman–Crippen MR) is 91.2 cm³/mol. The van der Waals surface area contributed by atoms with Gasteiger partial charge in [0, 0.05) is 5.33 Å². The first-order chi connectivity index (χ1) is 9.70.